The van der Waals surface area contributed by atoms with Gasteiger partial charge in [-0.2, -0.15) is 8.42 Å². The van der Waals surface area contributed by atoms with E-state index in [4.69, 9.17) is 4.74 Å². The summed E-state index contributed by atoms with van der Waals surface area (Å²) in [6.07, 6.45) is 1.99. The van der Waals surface area contributed by atoms with Crippen molar-refractivity contribution in [2.45, 2.75) is 30.8 Å². The highest BCUT2D eigenvalue weighted by molar-refractivity contribution is 7.90. The van der Waals surface area contributed by atoms with Crippen LogP contribution in [0.15, 0.2) is 64.0 Å². The number of fused-ring (bicyclic) bond motifs is 2. The molecule has 8 nitrogen and oxygen atoms in total. The zero-order valence-corrected chi connectivity index (χ0v) is 18.8. The van der Waals surface area contributed by atoms with Crippen LogP contribution in [0.5, 0.6) is 0 Å². The van der Waals surface area contributed by atoms with Crippen molar-refractivity contribution in [3.05, 3.63) is 65.9 Å². The Morgan fingerprint density at radius 3 is 2.76 bits per heavy atom. The van der Waals surface area contributed by atoms with Crippen LogP contribution >= 0.6 is 0 Å². The number of nitrogens with one attached hydrogen (secondary N) is 1. The number of piperidine rings is 1. The number of sulfonamides is 1. The predicted octanol–water partition coefficient (Wildman–Crippen LogP) is 3.14. The van der Waals surface area contributed by atoms with Crippen LogP contribution in [0, 0.1) is 5.92 Å². The molecule has 0 saturated carbocycles. The van der Waals surface area contributed by atoms with Crippen LogP contribution in [0.1, 0.15) is 35.7 Å². The molecule has 3 heterocycles. The Morgan fingerprint density at radius 2 is 1.91 bits per heavy atom. The second-order valence-corrected chi connectivity index (χ2v) is 9.94. The van der Waals surface area contributed by atoms with Gasteiger partial charge in [-0.05, 0) is 38.0 Å². The van der Waals surface area contributed by atoms with Crippen LogP contribution in [0.25, 0.3) is 10.9 Å². The average Bonchev–Trinajstić information content (AvgIpc) is 3.37. The van der Waals surface area contributed by atoms with Crippen molar-refractivity contribution >= 4 is 38.5 Å². The maximum absolute atomic E-state index is 12.9. The maximum atomic E-state index is 12.9. The van der Waals surface area contributed by atoms with Gasteiger partial charge < -0.3 is 14.6 Å². The summed E-state index contributed by atoms with van der Waals surface area (Å²) in [5.41, 5.74) is 1.88. The number of amidine groups is 1. The summed E-state index contributed by atoms with van der Waals surface area (Å²) >= 11 is 0. The number of hydrogen-bond donors (Lipinski definition) is 1. The fourth-order valence-electron chi connectivity index (χ4n) is 4.50. The number of hydrogen-bond acceptors (Lipinski definition) is 6. The normalized spacial score (nSPS) is 20.2. The molecule has 1 N–H and O–H groups in total. The first kappa shape index (κ1) is 21.4. The first-order valence-electron chi connectivity index (χ1n) is 10.9. The summed E-state index contributed by atoms with van der Waals surface area (Å²) in [5.74, 6) is -0.843. The molecule has 0 aliphatic carbocycles. The standard InChI is InChI=1S/C24H23N3O5S/c1-15(22(28)19-13-25-20-10-4-2-8-17(19)20)32-24(29)16-7-6-12-27(14-16)23-18-9-3-5-11-21(18)33(30,31)26-23/h2-5,8-11,13,15-16,25H,6-7,12,14H2,1H3/t15-,16-/m1/s1. The van der Waals surface area contributed by atoms with E-state index in [1.165, 1.54) is 6.07 Å². The Morgan fingerprint density at radius 1 is 1.15 bits per heavy atom. The molecule has 2 aromatic carbocycles. The number of benzene rings is 2. The van der Waals surface area contributed by atoms with E-state index in [-0.39, 0.29) is 17.2 Å². The van der Waals surface area contributed by atoms with Crippen molar-refractivity contribution in [1.82, 2.24) is 9.88 Å². The Bertz CT molecular complexity index is 1390. The van der Waals surface area contributed by atoms with E-state index >= 15 is 0 Å². The third-order valence-corrected chi connectivity index (χ3v) is 7.51. The van der Waals surface area contributed by atoms with Crippen molar-refractivity contribution in [3.8, 4) is 0 Å². The minimum Gasteiger partial charge on any atom is -0.454 e. The molecule has 2 aliphatic rings. The molecule has 33 heavy (non-hydrogen) atoms. The molecule has 1 fully saturated rings. The molecule has 9 heteroatoms. The molecule has 2 aliphatic heterocycles. The number of likely N-dealkylation sites (tertiary alicyclic amines) is 1. The molecule has 0 unspecified atom stereocenters. The molecule has 0 amide bonds. The van der Waals surface area contributed by atoms with Crippen LogP contribution in [-0.2, 0) is 19.6 Å². The lowest BCUT2D eigenvalue weighted by Crippen LogP contribution is -2.43. The van der Waals surface area contributed by atoms with Gasteiger partial charge in [-0.3, -0.25) is 9.59 Å². The van der Waals surface area contributed by atoms with Gasteiger partial charge in [0.2, 0.25) is 5.78 Å². The van der Waals surface area contributed by atoms with Gasteiger partial charge in [0, 0.05) is 41.3 Å². The molecule has 170 valence electrons. The van der Waals surface area contributed by atoms with E-state index in [1.807, 2.05) is 29.2 Å². The fraction of sp³-hybridized carbons (Fsp3) is 0.292. The molecule has 2 atom stereocenters. The van der Waals surface area contributed by atoms with Crippen molar-refractivity contribution in [2.75, 3.05) is 13.1 Å². The quantitative estimate of drug-likeness (QED) is 0.468. The van der Waals surface area contributed by atoms with E-state index in [0.717, 1.165) is 10.9 Å². The number of H-pyrrole nitrogens is 1. The summed E-state index contributed by atoms with van der Waals surface area (Å²) in [7, 11) is -3.73. The number of Topliss-reactive ketones (excluding diaryl/α,β-unsaturated/α-hetero) is 1. The van der Waals surface area contributed by atoms with E-state index in [0.29, 0.717) is 36.3 Å². The summed E-state index contributed by atoms with van der Waals surface area (Å²) < 4.78 is 34.3. The smallest absolute Gasteiger partial charge is 0.311 e. The molecule has 1 aromatic heterocycles. The number of aromatic nitrogens is 1. The third-order valence-electron chi connectivity index (χ3n) is 6.18. The lowest BCUT2D eigenvalue weighted by molar-refractivity contribution is -0.152. The van der Waals surface area contributed by atoms with E-state index in [1.54, 1.807) is 31.3 Å². The van der Waals surface area contributed by atoms with Crippen LogP contribution in [-0.4, -0.2) is 55.1 Å². The number of ketones is 1. The summed E-state index contributed by atoms with van der Waals surface area (Å²) in [5, 5.41) is 0.786. The zero-order valence-electron chi connectivity index (χ0n) is 18.0. The van der Waals surface area contributed by atoms with Crippen LogP contribution in [0.3, 0.4) is 0 Å². The van der Waals surface area contributed by atoms with Gasteiger partial charge in [0.05, 0.1) is 5.92 Å². The van der Waals surface area contributed by atoms with Gasteiger partial charge in [0.1, 0.15) is 4.90 Å². The van der Waals surface area contributed by atoms with Gasteiger partial charge >= 0.3 is 5.97 Å². The molecular formula is C24H23N3O5S. The van der Waals surface area contributed by atoms with E-state index in [2.05, 4.69) is 9.38 Å². The molecule has 0 bridgehead atoms. The number of rotatable bonds is 4. The molecular weight excluding hydrogens is 442 g/mol. The van der Waals surface area contributed by atoms with Crippen molar-refractivity contribution in [2.24, 2.45) is 10.3 Å². The largest absolute Gasteiger partial charge is 0.454 e. The van der Waals surface area contributed by atoms with Gasteiger partial charge in [-0.1, -0.05) is 30.3 Å². The number of ether oxygens (including phenoxy) is 1. The Hall–Kier alpha value is -3.46. The van der Waals surface area contributed by atoms with Crippen molar-refractivity contribution in [3.63, 3.8) is 0 Å². The van der Waals surface area contributed by atoms with Gasteiger partial charge in [-0.15, -0.1) is 4.40 Å². The second-order valence-electron chi connectivity index (χ2n) is 8.36. The monoisotopic (exact) mass is 465 g/mol. The highest BCUT2D eigenvalue weighted by Crippen LogP contribution is 2.30. The van der Waals surface area contributed by atoms with Crippen molar-refractivity contribution in [1.29, 1.82) is 0 Å². The SMILES string of the molecule is C[C@@H](OC(=O)[C@@H]1CCCN(C2=NS(=O)(=O)c3ccccc32)C1)C(=O)c1c[nH]c2ccccc12. The van der Waals surface area contributed by atoms with Gasteiger partial charge in [-0.25, -0.2) is 0 Å². The second kappa shape index (κ2) is 8.15. The maximum Gasteiger partial charge on any atom is 0.311 e. The molecule has 3 aromatic rings. The lowest BCUT2D eigenvalue weighted by atomic mass is 9.97. The number of carbonyl (C=O) groups excluding carboxylic acids is 2. The minimum absolute atomic E-state index is 0.183. The number of esters is 1. The minimum atomic E-state index is -3.73. The Kier molecular flexibility index (Phi) is 5.28. The van der Waals surface area contributed by atoms with E-state index in [9.17, 15) is 18.0 Å². The molecule has 5 rings (SSSR count). The van der Waals surface area contributed by atoms with Crippen LogP contribution in [0.4, 0.5) is 0 Å². The number of carbonyl (C=O) groups is 2. The number of nitrogens with zero attached hydrogens (tertiary/aromatic N) is 2. The molecule has 1 saturated heterocycles. The topological polar surface area (TPSA) is 109 Å². The summed E-state index contributed by atoms with van der Waals surface area (Å²) in [4.78, 5) is 30.9. The summed E-state index contributed by atoms with van der Waals surface area (Å²) in [6, 6.07) is 14.1. The molecule has 0 spiro atoms. The Balaban J connectivity index is 1.29. The lowest BCUT2D eigenvalue weighted by Gasteiger charge is -2.33. The highest BCUT2D eigenvalue weighted by Gasteiger charge is 2.36. The summed E-state index contributed by atoms with van der Waals surface area (Å²) in [6.45, 7) is 2.46. The third kappa shape index (κ3) is 3.82. The fourth-order valence-corrected chi connectivity index (χ4v) is 5.72. The van der Waals surface area contributed by atoms with Crippen molar-refractivity contribution < 1.29 is 22.7 Å². The van der Waals surface area contributed by atoms with Gasteiger partial charge in [0.15, 0.2) is 11.9 Å². The highest BCUT2D eigenvalue weighted by atomic mass is 32.2. The number of aromatic amines is 1. The number of para-hydroxylation sites is 1. The van der Waals surface area contributed by atoms with E-state index < -0.39 is 28.0 Å². The first-order valence-corrected chi connectivity index (χ1v) is 12.3. The predicted molar refractivity (Wildman–Crippen MR) is 123 cm³/mol. The molecule has 0 radical (unpaired) electrons. The van der Waals surface area contributed by atoms with Gasteiger partial charge in [0.25, 0.3) is 10.0 Å². The Labute approximate surface area is 191 Å². The zero-order chi connectivity index (χ0) is 23.2. The first-order chi connectivity index (χ1) is 15.8. The average molecular weight is 466 g/mol. The van der Waals surface area contributed by atoms with Crippen LogP contribution in [0.2, 0.25) is 0 Å². The van der Waals surface area contributed by atoms with Crippen LogP contribution < -0.4 is 0 Å².